The summed E-state index contributed by atoms with van der Waals surface area (Å²) >= 11 is 3.22. The van der Waals surface area contributed by atoms with Gasteiger partial charge < -0.3 is 18.9 Å². The van der Waals surface area contributed by atoms with Gasteiger partial charge in [0.25, 0.3) is 0 Å². The largest absolute Gasteiger partial charge is 0.477 e. The third-order valence-corrected chi connectivity index (χ3v) is 7.14. The molecule has 1 aliphatic rings. The molecule has 0 amide bonds. The minimum Gasteiger partial charge on any atom is -0.455 e. The Morgan fingerprint density at radius 1 is 0.737 bits per heavy atom. The molecule has 2 unspecified atom stereocenters. The first-order chi connectivity index (χ1) is 18.1. The molecule has 1 heterocycles. The van der Waals surface area contributed by atoms with Crippen LogP contribution in [0.5, 0.6) is 0 Å². The minimum absolute atomic E-state index is 0.140. The number of alkyl halides is 1. The number of esters is 3. The van der Waals surface area contributed by atoms with Gasteiger partial charge in [-0.25, -0.2) is 4.57 Å². The zero-order valence-corrected chi connectivity index (χ0v) is 23.4. The molecular formula is C25H28BrO11P. The molecule has 2 aromatic carbocycles. The third kappa shape index (κ3) is 9.00. The number of carbonyl (C=O) groups is 3. The number of hydrogen-bond donors (Lipinski definition) is 0. The Morgan fingerprint density at radius 2 is 1.16 bits per heavy atom. The van der Waals surface area contributed by atoms with E-state index < -0.39 is 55.3 Å². The van der Waals surface area contributed by atoms with E-state index >= 15 is 0 Å². The molecule has 2 aromatic rings. The number of rotatable bonds is 11. The van der Waals surface area contributed by atoms with Crippen LogP contribution in [0.25, 0.3) is 0 Å². The van der Waals surface area contributed by atoms with Crippen LogP contribution in [0.2, 0.25) is 0 Å². The predicted molar refractivity (Wildman–Crippen MR) is 135 cm³/mol. The SMILES string of the molecule is CC(=O)OC1[C@@H](OC(C)=O)[C@H](OC(C)=O)C(OP(=O)(OCc2ccccc2)OCc2ccccc2)O[C@@H]1Br. The standard InChI is InChI=1S/C25H28BrO11P/c1-16(27)33-21-22(34-17(2)28)24(26)36-25(23(21)35-18(3)29)37-38(30,31-14-19-10-6-4-7-11-19)32-15-20-12-8-5-9-13-20/h4-13,21-25H,14-15H2,1-3H3/t21-,22?,23+,24+,25?/m1/s1. The Kier molecular flexibility index (Phi) is 11.0. The summed E-state index contributed by atoms with van der Waals surface area (Å²) in [5, 5.41) is -1.11. The van der Waals surface area contributed by atoms with Crippen LogP contribution in [0.4, 0.5) is 0 Å². The quantitative estimate of drug-likeness (QED) is 0.154. The summed E-state index contributed by atoms with van der Waals surface area (Å²) in [6.07, 6.45) is -5.71. The van der Waals surface area contributed by atoms with E-state index in [-0.39, 0.29) is 13.2 Å². The number of hydrogen-bond acceptors (Lipinski definition) is 11. The molecule has 13 heteroatoms. The van der Waals surface area contributed by atoms with Crippen LogP contribution in [-0.4, -0.2) is 47.5 Å². The van der Waals surface area contributed by atoms with Crippen molar-refractivity contribution in [3.05, 3.63) is 71.8 Å². The van der Waals surface area contributed by atoms with Crippen LogP contribution >= 0.6 is 23.8 Å². The van der Waals surface area contributed by atoms with Gasteiger partial charge in [-0.1, -0.05) is 76.6 Å². The molecule has 11 nitrogen and oxygen atoms in total. The summed E-state index contributed by atoms with van der Waals surface area (Å²) in [5.41, 5.74) is 1.37. The molecule has 0 aromatic heterocycles. The fourth-order valence-electron chi connectivity index (χ4n) is 3.49. The van der Waals surface area contributed by atoms with E-state index in [1.54, 1.807) is 48.5 Å². The maximum Gasteiger partial charge on any atom is 0.477 e. The van der Waals surface area contributed by atoms with Crippen molar-refractivity contribution in [3.8, 4) is 0 Å². The highest BCUT2D eigenvalue weighted by Crippen LogP contribution is 2.54. The predicted octanol–water partition coefficient (Wildman–Crippen LogP) is 4.42. The first-order valence-electron chi connectivity index (χ1n) is 11.5. The summed E-state index contributed by atoms with van der Waals surface area (Å²) in [7, 11) is -4.42. The van der Waals surface area contributed by atoms with Crippen molar-refractivity contribution in [3.63, 3.8) is 0 Å². The van der Waals surface area contributed by atoms with Gasteiger partial charge >= 0.3 is 25.7 Å². The Labute approximate surface area is 228 Å². The number of phosphoric acid groups is 1. The molecule has 1 fully saturated rings. The number of benzene rings is 2. The van der Waals surface area contributed by atoms with E-state index in [0.717, 1.165) is 20.8 Å². The molecule has 0 aliphatic carbocycles. The second-order valence-electron chi connectivity index (χ2n) is 8.15. The highest BCUT2D eigenvalue weighted by molar-refractivity contribution is 9.09. The van der Waals surface area contributed by atoms with Gasteiger partial charge in [-0.2, -0.15) is 0 Å². The van der Waals surface area contributed by atoms with E-state index in [1.807, 2.05) is 12.1 Å². The fourth-order valence-corrected chi connectivity index (χ4v) is 5.35. The monoisotopic (exact) mass is 614 g/mol. The second kappa shape index (κ2) is 14.0. The van der Waals surface area contributed by atoms with Crippen LogP contribution in [0.15, 0.2) is 60.7 Å². The van der Waals surface area contributed by atoms with Gasteiger partial charge in [-0.15, -0.1) is 0 Å². The lowest BCUT2D eigenvalue weighted by molar-refractivity contribution is -0.269. The number of ether oxygens (including phenoxy) is 4. The highest BCUT2D eigenvalue weighted by Gasteiger charge is 2.54. The average molecular weight is 615 g/mol. The van der Waals surface area contributed by atoms with Crippen LogP contribution in [0.3, 0.4) is 0 Å². The summed E-state index contributed by atoms with van der Waals surface area (Å²) in [6, 6.07) is 17.8. The van der Waals surface area contributed by atoms with Gasteiger partial charge in [-0.05, 0) is 11.1 Å². The molecule has 5 atom stereocenters. The lowest BCUT2D eigenvalue weighted by Crippen LogP contribution is -2.60. The van der Waals surface area contributed by atoms with E-state index in [2.05, 4.69) is 15.9 Å². The van der Waals surface area contributed by atoms with E-state index in [0.29, 0.717) is 11.1 Å². The zero-order valence-electron chi connectivity index (χ0n) is 20.9. The van der Waals surface area contributed by atoms with Crippen molar-refractivity contribution in [2.75, 3.05) is 0 Å². The van der Waals surface area contributed by atoms with Crippen molar-refractivity contribution < 1.29 is 51.5 Å². The van der Waals surface area contributed by atoms with E-state index in [4.69, 9.17) is 32.5 Å². The molecule has 0 bridgehead atoms. The molecule has 0 saturated carbocycles. The van der Waals surface area contributed by atoms with Crippen molar-refractivity contribution in [1.29, 1.82) is 0 Å². The maximum atomic E-state index is 13.9. The van der Waals surface area contributed by atoms with Gasteiger partial charge in [0, 0.05) is 20.8 Å². The van der Waals surface area contributed by atoms with E-state index in [1.165, 1.54) is 0 Å². The van der Waals surface area contributed by atoms with Crippen molar-refractivity contribution >= 4 is 41.7 Å². The zero-order chi connectivity index (χ0) is 27.7. The second-order valence-corrected chi connectivity index (χ2v) is 10.7. The molecule has 0 radical (unpaired) electrons. The molecular weight excluding hydrogens is 587 g/mol. The van der Waals surface area contributed by atoms with Gasteiger partial charge in [-0.3, -0.25) is 28.0 Å². The molecule has 3 rings (SSSR count). The van der Waals surface area contributed by atoms with Crippen LogP contribution in [0, 0.1) is 0 Å². The summed E-state index contributed by atoms with van der Waals surface area (Å²) in [6.45, 7) is 3.11. The number of carbonyl (C=O) groups excluding carboxylic acids is 3. The van der Waals surface area contributed by atoms with Gasteiger partial charge in [0.15, 0.2) is 23.3 Å². The molecule has 0 spiro atoms. The Hall–Kier alpha value is -2.60. The molecule has 38 heavy (non-hydrogen) atoms. The fraction of sp³-hybridized carbons (Fsp3) is 0.400. The smallest absolute Gasteiger partial charge is 0.455 e. The first kappa shape index (κ1) is 29.9. The van der Waals surface area contributed by atoms with Crippen molar-refractivity contribution in [2.45, 2.75) is 63.6 Å². The Morgan fingerprint density at radius 3 is 1.61 bits per heavy atom. The van der Waals surface area contributed by atoms with Gasteiger partial charge in [0.05, 0.1) is 13.2 Å². The van der Waals surface area contributed by atoms with Crippen LogP contribution in [-0.2, 0) is 64.7 Å². The van der Waals surface area contributed by atoms with Gasteiger partial charge in [0.2, 0.25) is 6.29 Å². The lowest BCUT2D eigenvalue weighted by atomic mass is 10.0. The first-order valence-corrected chi connectivity index (χ1v) is 13.9. The summed E-state index contributed by atoms with van der Waals surface area (Å²) < 4.78 is 52.5. The normalized spacial score (nSPS) is 23.3. The Balaban J connectivity index is 1.90. The Bertz CT molecular complexity index is 1080. The minimum atomic E-state index is -4.42. The number of phosphoric ester groups is 1. The van der Waals surface area contributed by atoms with E-state index in [9.17, 15) is 18.9 Å². The molecule has 1 aliphatic heterocycles. The van der Waals surface area contributed by atoms with Crippen molar-refractivity contribution in [1.82, 2.24) is 0 Å². The molecule has 0 N–H and O–H groups in total. The summed E-state index contributed by atoms with van der Waals surface area (Å²) in [5.74, 6) is -2.25. The van der Waals surface area contributed by atoms with Crippen molar-refractivity contribution in [2.24, 2.45) is 0 Å². The van der Waals surface area contributed by atoms with Crippen LogP contribution < -0.4 is 0 Å². The number of halogens is 1. The third-order valence-electron chi connectivity index (χ3n) is 5.04. The van der Waals surface area contributed by atoms with Gasteiger partial charge in [0.1, 0.15) is 0 Å². The summed E-state index contributed by atoms with van der Waals surface area (Å²) in [4.78, 5) is 35.6. The average Bonchev–Trinajstić information content (AvgIpc) is 2.87. The topological polar surface area (TPSA) is 133 Å². The molecule has 1 saturated heterocycles. The highest BCUT2D eigenvalue weighted by atomic mass is 79.9. The van der Waals surface area contributed by atoms with Crippen LogP contribution in [0.1, 0.15) is 31.9 Å². The molecule has 206 valence electrons. The maximum absolute atomic E-state index is 13.9. The lowest BCUT2D eigenvalue weighted by Gasteiger charge is -2.42.